The second kappa shape index (κ2) is 6.01. The average Bonchev–Trinajstić information content (AvgIpc) is 0.722. The minimum atomic E-state index is -4.89. The maximum absolute atomic E-state index is 8.77. The summed E-state index contributed by atoms with van der Waals surface area (Å²) in [6.07, 6.45) is 0. The Hall–Kier alpha value is 1.88. The van der Waals surface area contributed by atoms with Crippen molar-refractivity contribution in [1.29, 1.82) is 0 Å². The molecule has 0 saturated carbocycles. The Kier molecular flexibility index (Phi) is 13.7. The molecule has 4 nitrogen and oxygen atoms in total. The number of rotatable bonds is 0. The van der Waals surface area contributed by atoms with Gasteiger partial charge in [-0.15, -0.1) is 0 Å². The molecule has 0 unspecified atom stereocenters. The molecule has 0 radical (unpaired) electrons. The molecule has 0 amide bonds. The molecule has 0 rings (SSSR count). The second-order valence-corrected chi connectivity index (χ2v) is 1.47. The van der Waals surface area contributed by atoms with E-state index in [1.807, 2.05) is 0 Å². The van der Waals surface area contributed by atoms with Crippen molar-refractivity contribution in [2.24, 2.45) is 0 Å². The normalized spacial score (nSPS) is 8.43. The Labute approximate surface area is 83.8 Å². The standard InChI is InChI=1S/ClH.H3O4P.Sr/c;1-5(2,3)4;/h1H;(H3,1,2,3,4);/q;;+2/p-2. The van der Waals surface area contributed by atoms with Gasteiger partial charge in [0.15, 0.2) is 0 Å². The first-order valence-electron chi connectivity index (χ1n) is 0.765. The molecule has 0 saturated heterocycles. The summed E-state index contributed by atoms with van der Waals surface area (Å²) in [5, 5.41) is 0. The van der Waals surface area contributed by atoms with Crippen molar-refractivity contribution in [3.63, 3.8) is 0 Å². The zero-order valence-corrected chi connectivity index (χ0v) is 8.37. The Morgan fingerprint density at radius 2 is 1.43 bits per heavy atom. The summed E-state index contributed by atoms with van der Waals surface area (Å²) in [5.41, 5.74) is 0. The SMILES string of the molecule is O=P([O-])(O)O.[Cl-].[Sr+2]. The minimum absolute atomic E-state index is 0. The second-order valence-electron chi connectivity index (χ2n) is 0.491. The molecular formula is H2ClO4PSr. The van der Waals surface area contributed by atoms with E-state index in [0.29, 0.717) is 0 Å². The van der Waals surface area contributed by atoms with Gasteiger partial charge in [-0.3, -0.25) is 4.57 Å². The van der Waals surface area contributed by atoms with Crippen LogP contribution in [0.4, 0.5) is 0 Å². The third kappa shape index (κ3) is 77.1. The quantitative estimate of drug-likeness (QED) is 0.316. The predicted octanol–water partition coefficient (Wildman–Crippen LogP) is -4.94. The van der Waals surface area contributed by atoms with E-state index in [1.165, 1.54) is 0 Å². The molecule has 0 spiro atoms. The van der Waals surface area contributed by atoms with Crippen molar-refractivity contribution in [3.8, 4) is 0 Å². The molecule has 0 aliphatic rings. The first-order chi connectivity index (χ1) is 2.00. The van der Waals surface area contributed by atoms with Crippen LogP contribution in [-0.4, -0.2) is 55.3 Å². The summed E-state index contributed by atoms with van der Waals surface area (Å²) in [7, 11) is -4.89. The molecule has 0 fully saturated rings. The molecule has 0 aromatic carbocycles. The number of hydrogen-bond acceptors (Lipinski definition) is 2. The fourth-order valence-electron chi connectivity index (χ4n) is 0. The van der Waals surface area contributed by atoms with Crippen LogP contribution in [0.15, 0.2) is 0 Å². The predicted molar refractivity (Wildman–Crippen MR) is 17.8 cm³/mol. The van der Waals surface area contributed by atoms with Crippen LogP contribution in [0.2, 0.25) is 0 Å². The zero-order valence-electron chi connectivity index (χ0n) is 3.24. The molecule has 0 aliphatic carbocycles. The molecule has 0 aliphatic heterocycles. The smallest absolute Gasteiger partial charge is 1.00 e. The van der Waals surface area contributed by atoms with Crippen LogP contribution < -0.4 is 17.3 Å². The van der Waals surface area contributed by atoms with Crippen molar-refractivity contribution in [3.05, 3.63) is 0 Å². The molecule has 2 N–H and O–H groups in total. The fraction of sp³-hybridized carbons (Fsp3) is 0. The minimum Gasteiger partial charge on any atom is -1.00 e. The van der Waals surface area contributed by atoms with Crippen molar-refractivity contribution >= 4 is 53.3 Å². The van der Waals surface area contributed by atoms with Gasteiger partial charge >= 0.3 is 45.5 Å². The first kappa shape index (κ1) is 15.9. The largest absolute Gasteiger partial charge is 2.00 e. The Morgan fingerprint density at radius 3 is 1.43 bits per heavy atom. The maximum atomic E-state index is 8.77. The monoisotopic (exact) mass is 220 g/mol. The summed E-state index contributed by atoms with van der Waals surface area (Å²) in [6, 6.07) is 0. The van der Waals surface area contributed by atoms with E-state index >= 15 is 0 Å². The molecule has 7 heavy (non-hydrogen) atoms. The maximum Gasteiger partial charge on any atom is 2.00 e. The molecule has 0 atom stereocenters. The van der Waals surface area contributed by atoms with Crippen LogP contribution in [0.1, 0.15) is 0 Å². The number of hydrogen-bond donors (Lipinski definition) is 2. The summed E-state index contributed by atoms with van der Waals surface area (Å²) >= 11 is 0. The molecule has 0 aromatic rings. The van der Waals surface area contributed by atoms with E-state index in [2.05, 4.69) is 0 Å². The fourth-order valence-corrected chi connectivity index (χ4v) is 0. The summed E-state index contributed by atoms with van der Waals surface area (Å²) < 4.78 is 8.77. The van der Waals surface area contributed by atoms with Crippen LogP contribution in [0.5, 0.6) is 0 Å². The summed E-state index contributed by atoms with van der Waals surface area (Å²) in [6.45, 7) is 0. The molecule has 0 heterocycles. The van der Waals surface area contributed by atoms with E-state index in [1.54, 1.807) is 0 Å². The number of halogens is 1. The van der Waals surface area contributed by atoms with Crippen LogP contribution in [0.3, 0.4) is 0 Å². The summed E-state index contributed by atoms with van der Waals surface area (Å²) in [4.78, 5) is 22.9. The van der Waals surface area contributed by atoms with E-state index in [4.69, 9.17) is 19.2 Å². The summed E-state index contributed by atoms with van der Waals surface area (Å²) in [5.74, 6) is 0. The van der Waals surface area contributed by atoms with Gasteiger partial charge in [0.25, 0.3) is 7.82 Å². The average molecular weight is 220 g/mol. The van der Waals surface area contributed by atoms with Crippen LogP contribution in [0, 0.1) is 0 Å². The van der Waals surface area contributed by atoms with E-state index in [9.17, 15) is 0 Å². The van der Waals surface area contributed by atoms with Gasteiger partial charge in [-0.25, -0.2) is 0 Å². The van der Waals surface area contributed by atoms with Gasteiger partial charge in [0.2, 0.25) is 0 Å². The van der Waals surface area contributed by atoms with Gasteiger partial charge in [-0.1, -0.05) is 0 Å². The Balaban J connectivity index is -0.0000000800. The van der Waals surface area contributed by atoms with Crippen LogP contribution in [0.25, 0.3) is 0 Å². The zero-order chi connectivity index (χ0) is 4.50. The van der Waals surface area contributed by atoms with E-state index < -0.39 is 7.82 Å². The third-order valence-corrected chi connectivity index (χ3v) is 0. The molecular weight excluding hydrogens is 218 g/mol. The van der Waals surface area contributed by atoms with E-state index in [0.717, 1.165) is 0 Å². The molecule has 7 heteroatoms. The molecule has 0 bridgehead atoms. The van der Waals surface area contributed by atoms with E-state index in [-0.39, 0.29) is 57.9 Å². The van der Waals surface area contributed by atoms with Crippen LogP contribution in [-0.2, 0) is 4.57 Å². The van der Waals surface area contributed by atoms with Gasteiger partial charge in [0.1, 0.15) is 0 Å². The topological polar surface area (TPSA) is 80.6 Å². The van der Waals surface area contributed by atoms with Crippen molar-refractivity contribution < 1.29 is 31.7 Å². The third-order valence-electron chi connectivity index (χ3n) is 0. The van der Waals surface area contributed by atoms with Crippen molar-refractivity contribution in [1.82, 2.24) is 0 Å². The van der Waals surface area contributed by atoms with Gasteiger partial charge in [-0.2, -0.15) is 0 Å². The Bertz CT molecular complexity index is 57.8. The number of phosphoric acid groups is 1. The van der Waals surface area contributed by atoms with Gasteiger partial charge in [-0.05, 0) is 0 Å². The van der Waals surface area contributed by atoms with Crippen molar-refractivity contribution in [2.45, 2.75) is 0 Å². The van der Waals surface area contributed by atoms with Crippen LogP contribution >= 0.6 is 7.82 Å². The van der Waals surface area contributed by atoms with Gasteiger partial charge in [0.05, 0.1) is 0 Å². The van der Waals surface area contributed by atoms with Crippen molar-refractivity contribution in [2.75, 3.05) is 0 Å². The Morgan fingerprint density at radius 1 is 1.43 bits per heavy atom. The molecule has 40 valence electrons. The van der Waals surface area contributed by atoms with Gasteiger partial charge in [0, 0.05) is 0 Å². The first-order valence-corrected chi connectivity index (χ1v) is 2.30. The molecule has 0 aromatic heterocycles. The van der Waals surface area contributed by atoms with Gasteiger partial charge < -0.3 is 27.1 Å².